The van der Waals surface area contributed by atoms with Crippen molar-refractivity contribution < 1.29 is 13.9 Å². The van der Waals surface area contributed by atoms with Crippen molar-refractivity contribution in [1.82, 2.24) is 5.32 Å². The van der Waals surface area contributed by atoms with Crippen LogP contribution in [0.25, 0.3) is 0 Å². The zero-order chi connectivity index (χ0) is 15.4. The van der Waals surface area contributed by atoms with E-state index in [0.29, 0.717) is 31.4 Å². The van der Waals surface area contributed by atoms with Gasteiger partial charge in [-0.3, -0.25) is 4.79 Å². The highest BCUT2D eigenvalue weighted by Gasteiger charge is 2.26. The van der Waals surface area contributed by atoms with Crippen LogP contribution in [0.15, 0.2) is 24.3 Å². The molecule has 0 saturated carbocycles. The lowest BCUT2D eigenvalue weighted by molar-refractivity contribution is -0.128. The van der Waals surface area contributed by atoms with Crippen LogP contribution in [-0.2, 0) is 9.53 Å². The van der Waals surface area contributed by atoms with Gasteiger partial charge in [0, 0.05) is 38.8 Å². The van der Waals surface area contributed by atoms with Gasteiger partial charge in [-0.1, -0.05) is 12.1 Å². The number of carbonyl (C=O) groups is 1. The van der Waals surface area contributed by atoms with Gasteiger partial charge in [-0.05, 0) is 37.3 Å². The number of rotatable bonds is 4. The van der Waals surface area contributed by atoms with Gasteiger partial charge in [-0.2, -0.15) is 0 Å². The zero-order valence-corrected chi connectivity index (χ0v) is 12.8. The van der Waals surface area contributed by atoms with E-state index >= 15 is 0 Å². The third kappa shape index (κ3) is 3.58. The van der Waals surface area contributed by atoms with Crippen LogP contribution in [0, 0.1) is 17.7 Å². The predicted molar refractivity (Wildman–Crippen MR) is 83.3 cm³/mol. The molecule has 4 nitrogen and oxygen atoms in total. The fraction of sp³-hybridized carbons (Fsp3) is 0.588. The minimum Gasteiger partial charge on any atom is -0.381 e. The lowest BCUT2D eigenvalue weighted by atomic mass is 9.99. The molecular weight excluding hydrogens is 283 g/mol. The van der Waals surface area contributed by atoms with Crippen LogP contribution in [0.4, 0.5) is 10.1 Å². The Morgan fingerprint density at radius 1 is 1.27 bits per heavy atom. The summed E-state index contributed by atoms with van der Waals surface area (Å²) in [7, 11) is 0. The number of nitrogens with zero attached hydrogens (tertiary/aromatic N) is 1. The number of amides is 1. The molecule has 120 valence electrons. The number of carbonyl (C=O) groups excluding carboxylic acids is 1. The summed E-state index contributed by atoms with van der Waals surface area (Å²) in [6.45, 7) is 3.69. The third-order valence-corrected chi connectivity index (χ3v) is 4.64. The molecule has 3 rings (SSSR count). The van der Waals surface area contributed by atoms with Crippen molar-refractivity contribution in [1.29, 1.82) is 0 Å². The van der Waals surface area contributed by atoms with Crippen LogP contribution in [0.1, 0.15) is 19.3 Å². The molecule has 2 aliphatic rings. The molecule has 0 aliphatic carbocycles. The van der Waals surface area contributed by atoms with Crippen molar-refractivity contribution in [2.45, 2.75) is 19.3 Å². The summed E-state index contributed by atoms with van der Waals surface area (Å²) < 4.78 is 19.1. The first-order chi connectivity index (χ1) is 10.7. The monoisotopic (exact) mass is 306 g/mol. The Balaban J connectivity index is 1.47. The number of halogens is 1. The topological polar surface area (TPSA) is 41.6 Å². The van der Waals surface area contributed by atoms with E-state index < -0.39 is 0 Å². The summed E-state index contributed by atoms with van der Waals surface area (Å²) in [6, 6.07) is 6.88. The van der Waals surface area contributed by atoms with Crippen LogP contribution in [0.5, 0.6) is 0 Å². The summed E-state index contributed by atoms with van der Waals surface area (Å²) in [5.74, 6) is 0.461. The standard InChI is InChI=1S/C17H23FN2O2/c18-15-3-1-2-4-16(15)20-8-5-13(12-20)11-19-17(21)14-6-9-22-10-7-14/h1-4,13-14H,5-12H2,(H,19,21). The second kappa shape index (κ2) is 7.09. The van der Waals surface area contributed by atoms with Crippen molar-refractivity contribution in [2.24, 2.45) is 11.8 Å². The number of anilines is 1. The molecule has 1 aromatic carbocycles. The van der Waals surface area contributed by atoms with Crippen molar-refractivity contribution >= 4 is 11.6 Å². The van der Waals surface area contributed by atoms with E-state index in [0.717, 1.165) is 32.4 Å². The van der Waals surface area contributed by atoms with Crippen molar-refractivity contribution in [3.63, 3.8) is 0 Å². The summed E-state index contributed by atoms with van der Waals surface area (Å²) in [6.07, 6.45) is 2.62. The third-order valence-electron chi connectivity index (χ3n) is 4.64. The average molecular weight is 306 g/mol. The Kier molecular flexibility index (Phi) is 4.93. The summed E-state index contributed by atoms with van der Waals surface area (Å²) in [4.78, 5) is 14.2. The Hall–Kier alpha value is -1.62. The fourth-order valence-electron chi connectivity index (χ4n) is 3.28. The maximum absolute atomic E-state index is 13.8. The van der Waals surface area contributed by atoms with Crippen LogP contribution in [0.3, 0.4) is 0 Å². The van der Waals surface area contributed by atoms with Gasteiger partial charge in [-0.25, -0.2) is 4.39 Å². The van der Waals surface area contributed by atoms with Crippen molar-refractivity contribution in [3.05, 3.63) is 30.1 Å². The van der Waals surface area contributed by atoms with Gasteiger partial charge in [0.1, 0.15) is 5.82 Å². The van der Waals surface area contributed by atoms with Crippen LogP contribution < -0.4 is 10.2 Å². The van der Waals surface area contributed by atoms with Gasteiger partial charge >= 0.3 is 0 Å². The molecule has 1 amide bonds. The lowest BCUT2D eigenvalue weighted by Gasteiger charge is -2.22. The average Bonchev–Trinajstić information content (AvgIpc) is 3.02. The molecule has 2 saturated heterocycles. The minimum atomic E-state index is -0.172. The number of hydrogen-bond acceptors (Lipinski definition) is 3. The molecule has 22 heavy (non-hydrogen) atoms. The first-order valence-electron chi connectivity index (χ1n) is 8.09. The van der Waals surface area contributed by atoms with E-state index in [1.807, 2.05) is 12.1 Å². The maximum atomic E-state index is 13.8. The van der Waals surface area contributed by atoms with Gasteiger partial charge in [0.05, 0.1) is 5.69 Å². The first kappa shape index (κ1) is 15.3. The molecule has 2 fully saturated rings. The SMILES string of the molecule is O=C(NCC1CCN(c2ccccc2F)C1)C1CCOCC1. The van der Waals surface area contributed by atoms with E-state index in [2.05, 4.69) is 10.2 Å². The molecule has 1 aromatic rings. The summed E-state index contributed by atoms with van der Waals surface area (Å²) in [5.41, 5.74) is 0.667. The smallest absolute Gasteiger partial charge is 0.223 e. The highest BCUT2D eigenvalue weighted by molar-refractivity contribution is 5.78. The van der Waals surface area contributed by atoms with E-state index in [9.17, 15) is 9.18 Å². The molecule has 0 radical (unpaired) electrons. The fourth-order valence-corrected chi connectivity index (χ4v) is 3.28. The number of hydrogen-bond donors (Lipinski definition) is 1. The predicted octanol–water partition coefficient (Wildman–Crippen LogP) is 2.19. The van der Waals surface area contributed by atoms with E-state index in [1.165, 1.54) is 6.07 Å². The highest BCUT2D eigenvalue weighted by Crippen LogP contribution is 2.26. The van der Waals surface area contributed by atoms with Crippen LogP contribution >= 0.6 is 0 Å². The molecule has 0 bridgehead atoms. The van der Waals surface area contributed by atoms with Crippen molar-refractivity contribution in [2.75, 3.05) is 37.7 Å². The molecule has 2 aliphatic heterocycles. The highest BCUT2D eigenvalue weighted by atomic mass is 19.1. The van der Waals surface area contributed by atoms with Gasteiger partial charge < -0.3 is 15.0 Å². The van der Waals surface area contributed by atoms with E-state index in [4.69, 9.17) is 4.74 Å². The van der Waals surface area contributed by atoms with E-state index in [-0.39, 0.29) is 17.6 Å². The number of benzene rings is 1. The van der Waals surface area contributed by atoms with Crippen molar-refractivity contribution in [3.8, 4) is 0 Å². The number of para-hydroxylation sites is 1. The summed E-state index contributed by atoms with van der Waals surface area (Å²) in [5, 5.41) is 3.07. The Morgan fingerprint density at radius 2 is 2.05 bits per heavy atom. The molecule has 5 heteroatoms. The first-order valence-corrected chi connectivity index (χ1v) is 8.09. The summed E-state index contributed by atoms with van der Waals surface area (Å²) >= 11 is 0. The molecule has 1 N–H and O–H groups in total. The quantitative estimate of drug-likeness (QED) is 0.927. The van der Waals surface area contributed by atoms with Crippen LogP contribution in [0.2, 0.25) is 0 Å². The molecule has 2 heterocycles. The second-order valence-electron chi connectivity index (χ2n) is 6.18. The molecule has 1 atom stereocenters. The van der Waals surface area contributed by atoms with Gasteiger partial charge in [0.2, 0.25) is 5.91 Å². The lowest BCUT2D eigenvalue weighted by Crippen LogP contribution is -2.37. The normalized spacial score (nSPS) is 22.8. The second-order valence-corrected chi connectivity index (χ2v) is 6.18. The minimum absolute atomic E-state index is 0.0952. The van der Waals surface area contributed by atoms with Gasteiger partial charge in [0.15, 0.2) is 0 Å². The maximum Gasteiger partial charge on any atom is 0.223 e. The van der Waals surface area contributed by atoms with Crippen LogP contribution in [-0.4, -0.2) is 38.8 Å². The molecule has 1 unspecified atom stereocenters. The number of nitrogens with one attached hydrogen (secondary N) is 1. The molecular formula is C17H23FN2O2. The Bertz CT molecular complexity index is 517. The molecule has 0 aromatic heterocycles. The van der Waals surface area contributed by atoms with Gasteiger partial charge in [-0.15, -0.1) is 0 Å². The number of ether oxygens (including phenoxy) is 1. The van der Waals surface area contributed by atoms with E-state index in [1.54, 1.807) is 6.07 Å². The Labute approximate surface area is 130 Å². The van der Waals surface area contributed by atoms with Gasteiger partial charge in [0.25, 0.3) is 0 Å². The molecule has 0 spiro atoms. The largest absolute Gasteiger partial charge is 0.381 e. The zero-order valence-electron chi connectivity index (χ0n) is 12.8. The Morgan fingerprint density at radius 3 is 2.82 bits per heavy atom.